The summed E-state index contributed by atoms with van der Waals surface area (Å²) in [7, 11) is 0. The van der Waals surface area contributed by atoms with E-state index in [-0.39, 0.29) is 0 Å². The van der Waals surface area contributed by atoms with Gasteiger partial charge in [0.05, 0.1) is 17.1 Å². The van der Waals surface area contributed by atoms with Crippen molar-refractivity contribution >= 4 is 0 Å². The van der Waals surface area contributed by atoms with Crippen LogP contribution in [0.1, 0.15) is 58.3 Å². The number of hydrogen-bond donors (Lipinski definition) is 1. The van der Waals surface area contributed by atoms with E-state index in [1.54, 1.807) is 0 Å². The summed E-state index contributed by atoms with van der Waals surface area (Å²) < 4.78 is 0. The van der Waals surface area contributed by atoms with Gasteiger partial charge in [-0.1, -0.05) is 19.8 Å². The number of nitrogens with zero attached hydrogens (tertiary/aromatic N) is 1. The van der Waals surface area contributed by atoms with Gasteiger partial charge in [0.2, 0.25) is 0 Å². The van der Waals surface area contributed by atoms with Crippen LogP contribution in [0.4, 0.5) is 0 Å². The summed E-state index contributed by atoms with van der Waals surface area (Å²) in [5, 5.41) is 20.9. The molecule has 0 aliphatic heterocycles. The molecule has 0 heterocycles. The monoisotopic (exact) mass is 233 g/mol. The van der Waals surface area contributed by atoms with E-state index in [0.717, 1.165) is 32.1 Å². The Bertz CT molecular complexity index is 360. The summed E-state index contributed by atoms with van der Waals surface area (Å²) in [5.74, 6) is 1.72. The lowest BCUT2D eigenvalue weighted by molar-refractivity contribution is -0.117. The minimum Gasteiger partial charge on any atom is -0.388 e. The molecule has 0 aromatic heterocycles. The normalized spacial score (nSPS) is 53.6. The van der Waals surface area contributed by atoms with Gasteiger partial charge in [-0.25, -0.2) is 0 Å². The highest BCUT2D eigenvalue weighted by Crippen LogP contribution is 2.61. The Balaban J connectivity index is 1.92. The zero-order chi connectivity index (χ0) is 12.1. The Morgan fingerprint density at radius 3 is 2.59 bits per heavy atom. The van der Waals surface area contributed by atoms with Crippen LogP contribution in [0.15, 0.2) is 0 Å². The van der Waals surface area contributed by atoms with Crippen LogP contribution in [0.25, 0.3) is 0 Å². The molecule has 94 valence electrons. The fraction of sp³-hybridized carbons (Fsp3) is 0.933. The maximum Gasteiger partial charge on any atom is 0.0865 e. The first kappa shape index (κ1) is 11.5. The lowest BCUT2D eigenvalue weighted by Crippen LogP contribution is -2.53. The van der Waals surface area contributed by atoms with Gasteiger partial charge in [0, 0.05) is 0 Å². The molecule has 0 radical (unpaired) electrons. The largest absolute Gasteiger partial charge is 0.388 e. The number of fused-ring (bicyclic) bond motifs is 2. The zero-order valence-corrected chi connectivity index (χ0v) is 10.8. The molecule has 1 N–H and O–H groups in total. The summed E-state index contributed by atoms with van der Waals surface area (Å²) in [6.45, 7) is 2.24. The number of aliphatic hydroxyl groups is 1. The second-order valence-corrected chi connectivity index (χ2v) is 6.90. The average molecular weight is 233 g/mol. The van der Waals surface area contributed by atoms with Crippen LogP contribution in [0, 0.1) is 34.5 Å². The number of hydrogen-bond acceptors (Lipinski definition) is 2. The molecule has 3 rings (SSSR count). The molecule has 5 unspecified atom stereocenters. The van der Waals surface area contributed by atoms with Gasteiger partial charge in [-0.3, -0.25) is 0 Å². The Kier molecular flexibility index (Phi) is 2.52. The van der Waals surface area contributed by atoms with E-state index in [2.05, 4.69) is 13.0 Å². The highest BCUT2D eigenvalue weighted by molar-refractivity contribution is 5.19. The van der Waals surface area contributed by atoms with Crippen LogP contribution >= 0.6 is 0 Å². The lowest BCUT2D eigenvalue weighted by atomic mass is 9.57. The summed E-state index contributed by atoms with van der Waals surface area (Å²) in [4.78, 5) is 0. The Labute approximate surface area is 104 Å². The van der Waals surface area contributed by atoms with E-state index in [0.29, 0.717) is 17.8 Å². The smallest absolute Gasteiger partial charge is 0.0865 e. The lowest BCUT2D eigenvalue weighted by Gasteiger charge is -2.49. The van der Waals surface area contributed by atoms with Gasteiger partial charge in [0.1, 0.15) is 0 Å². The van der Waals surface area contributed by atoms with E-state index < -0.39 is 11.0 Å². The Hall–Kier alpha value is -0.550. The molecule has 2 bridgehead atoms. The molecule has 3 saturated carbocycles. The van der Waals surface area contributed by atoms with Crippen molar-refractivity contribution in [1.82, 2.24) is 0 Å². The van der Waals surface area contributed by atoms with E-state index in [1.807, 2.05) is 0 Å². The highest BCUT2D eigenvalue weighted by Gasteiger charge is 2.62. The Morgan fingerprint density at radius 1 is 1.24 bits per heavy atom. The van der Waals surface area contributed by atoms with Gasteiger partial charge in [-0.05, 0) is 56.3 Å². The van der Waals surface area contributed by atoms with E-state index in [9.17, 15) is 10.4 Å². The fourth-order valence-electron chi connectivity index (χ4n) is 5.03. The van der Waals surface area contributed by atoms with Crippen LogP contribution in [-0.4, -0.2) is 10.7 Å². The molecule has 3 aliphatic rings. The van der Waals surface area contributed by atoms with Crippen LogP contribution in [0.3, 0.4) is 0 Å². The molecule has 0 spiro atoms. The molecule has 17 heavy (non-hydrogen) atoms. The van der Waals surface area contributed by atoms with E-state index in [4.69, 9.17) is 0 Å². The van der Waals surface area contributed by atoms with Crippen molar-refractivity contribution in [3.8, 4) is 6.07 Å². The summed E-state index contributed by atoms with van der Waals surface area (Å²) in [6, 6.07) is 2.57. The van der Waals surface area contributed by atoms with Gasteiger partial charge in [0.25, 0.3) is 0 Å². The molecule has 0 saturated heterocycles. The molecule has 2 nitrogen and oxygen atoms in total. The van der Waals surface area contributed by atoms with Crippen LogP contribution in [0.5, 0.6) is 0 Å². The predicted octanol–water partition coefficient (Wildman–Crippen LogP) is 3.26. The topological polar surface area (TPSA) is 44.0 Å². The molecule has 0 aromatic rings. The van der Waals surface area contributed by atoms with Gasteiger partial charge in [0.15, 0.2) is 0 Å². The minimum absolute atomic E-state index is 0.414. The van der Waals surface area contributed by atoms with Crippen molar-refractivity contribution in [2.24, 2.45) is 23.2 Å². The van der Waals surface area contributed by atoms with Gasteiger partial charge in [-0.15, -0.1) is 0 Å². The first-order valence-corrected chi connectivity index (χ1v) is 7.23. The maximum atomic E-state index is 11.2. The SMILES string of the molecule is CC1CCCC(C#N)(C2(O)CC3CCC2C3)C1. The van der Waals surface area contributed by atoms with Crippen LogP contribution in [-0.2, 0) is 0 Å². The van der Waals surface area contributed by atoms with Crippen molar-refractivity contribution < 1.29 is 5.11 Å². The molecule has 0 amide bonds. The van der Waals surface area contributed by atoms with Gasteiger partial charge >= 0.3 is 0 Å². The van der Waals surface area contributed by atoms with E-state index >= 15 is 0 Å². The third-order valence-corrected chi connectivity index (χ3v) is 5.86. The maximum absolute atomic E-state index is 11.2. The highest BCUT2D eigenvalue weighted by atomic mass is 16.3. The third-order valence-electron chi connectivity index (χ3n) is 5.86. The van der Waals surface area contributed by atoms with E-state index in [1.165, 1.54) is 19.3 Å². The molecule has 0 aromatic carbocycles. The van der Waals surface area contributed by atoms with Gasteiger partial charge in [-0.2, -0.15) is 5.26 Å². The van der Waals surface area contributed by atoms with Crippen molar-refractivity contribution in [2.45, 2.75) is 63.9 Å². The summed E-state index contributed by atoms with van der Waals surface area (Å²) in [5.41, 5.74) is -1.08. The average Bonchev–Trinajstić information content (AvgIpc) is 2.89. The first-order valence-electron chi connectivity index (χ1n) is 7.23. The molecular formula is C15H23NO. The predicted molar refractivity (Wildman–Crippen MR) is 66.1 cm³/mol. The standard InChI is InChI=1S/C15H23NO/c1-11-3-2-6-14(8-11,10-16)15(17)9-12-4-5-13(15)7-12/h11-13,17H,2-9H2,1H3. The molecule has 3 aliphatic carbocycles. The number of rotatable bonds is 1. The van der Waals surface area contributed by atoms with Crippen LogP contribution in [0.2, 0.25) is 0 Å². The molecular weight excluding hydrogens is 210 g/mol. The van der Waals surface area contributed by atoms with Gasteiger partial charge < -0.3 is 5.11 Å². The van der Waals surface area contributed by atoms with Crippen molar-refractivity contribution in [3.63, 3.8) is 0 Å². The Morgan fingerprint density at radius 2 is 2.06 bits per heavy atom. The third kappa shape index (κ3) is 1.48. The molecule has 2 heteroatoms. The quantitative estimate of drug-likeness (QED) is 0.755. The number of nitriles is 1. The second kappa shape index (κ2) is 3.72. The fourth-order valence-corrected chi connectivity index (χ4v) is 5.03. The molecule has 3 fully saturated rings. The van der Waals surface area contributed by atoms with Crippen molar-refractivity contribution in [2.75, 3.05) is 0 Å². The van der Waals surface area contributed by atoms with Crippen molar-refractivity contribution in [1.29, 1.82) is 5.26 Å². The summed E-state index contributed by atoms with van der Waals surface area (Å²) in [6.07, 6.45) is 8.70. The first-order chi connectivity index (χ1) is 8.10. The van der Waals surface area contributed by atoms with Crippen molar-refractivity contribution in [3.05, 3.63) is 0 Å². The summed E-state index contributed by atoms with van der Waals surface area (Å²) >= 11 is 0. The zero-order valence-electron chi connectivity index (χ0n) is 10.8. The second-order valence-electron chi connectivity index (χ2n) is 6.90. The molecule has 5 atom stereocenters. The minimum atomic E-state index is -0.653. The van der Waals surface area contributed by atoms with Crippen LogP contribution < -0.4 is 0 Å².